The molecule has 0 saturated heterocycles. The number of Topliss-reactive ketones (excluding diaryl/α,β-unsaturated/α-hetero) is 1. The minimum absolute atomic E-state index is 0.183. The molecule has 1 aliphatic carbocycles. The number of rotatable bonds is 3. The number of carbonyl (C=O) groups excluding carboxylic acids is 1. The monoisotopic (exact) mass is 232 g/mol. The van der Waals surface area contributed by atoms with Crippen molar-refractivity contribution in [3.05, 3.63) is 29.8 Å². The van der Waals surface area contributed by atoms with Crippen LogP contribution in [0, 0.1) is 0 Å². The summed E-state index contributed by atoms with van der Waals surface area (Å²) >= 11 is 0. The van der Waals surface area contributed by atoms with Gasteiger partial charge in [0, 0.05) is 17.6 Å². The average molecular weight is 232 g/mol. The molecule has 3 nitrogen and oxygen atoms in total. The minimum Gasteiger partial charge on any atom is -0.493 e. The first-order valence-corrected chi connectivity index (χ1v) is 5.72. The normalized spacial score (nSPS) is 15.4. The topological polar surface area (TPSA) is 35.5 Å². The predicted molar refractivity (Wildman–Crippen MR) is 66.4 cm³/mol. The molecule has 0 radical (unpaired) electrons. The zero-order chi connectivity index (χ0) is 12.3. The van der Waals surface area contributed by atoms with Gasteiger partial charge in [-0.25, -0.2) is 0 Å². The third kappa shape index (κ3) is 2.18. The minimum atomic E-state index is 0.183. The quantitative estimate of drug-likeness (QED) is 0.803. The number of methoxy groups -OCH3 is 2. The maximum Gasteiger partial charge on any atom is 0.168 e. The molecule has 2 rings (SSSR count). The van der Waals surface area contributed by atoms with E-state index in [1.165, 1.54) is 0 Å². The van der Waals surface area contributed by atoms with Crippen LogP contribution >= 0.6 is 0 Å². The number of ketones is 1. The van der Waals surface area contributed by atoms with Gasteiger partial charge in [-0.1, -0.05) is 18.2 Å². The van der Waals surface area contributed by atoms with Crippen LogP contribution in [0.2, 0.25) is 0 Å². The van der Waals surface area contributed by atoms with Gasteiger partial charge in [-0.3, -0.25) is 4.79 Å². The molecule has 0 heterocycles. The number of hydrogen-bond acceptors (Lipinski definition) is 3. The van der Waals surface area contributed by atoms with Gasteiger partial charge in [0.25, 0.3) is 0 Å². The molecule has 0 spiro atoms. The molecule has 0 saturated carbocycles. The second-order valence-corrected chi connectivity index (χ2v) is 3.97. The Hall–Kier alpha value is -1.77. The largest absolute Gasteiger partial charge is 0.493 e. The van der Waals surface area contributed by atoms with E-state index in [0.717, 1.165) is 24.0 Å². The van der Waals surface area contributed by atoms with Crippen molar-refractivity contribution in [1.29, 1.82) is 0 Å². The van der Waals surface area contributed by atoms with E-state index < -0.39 is 0 Å². The predicted octanol–water partition coefficient (Wildman–Crippen LogP) is 2.84. The van der Waals surface area contributed by atoms with Crippen molar-refractivity contribution in [2.24, 2.45) is 0 Å². The van der Waals surface area contributed by atoms with Crippen LogP contribution < -0.4 is 9.47 Å². The van der Waals surface area contributed by atoms with E-state index in [1.807, 2.05) is 24.3 Å². The van der Waals surface area contributed by atoms with Crippen LogP contribution in [-0.2, 0) is 4.79 Å². The van der Waals surface area contributed by atoms with Crippen molar-refractivity contribution in [3.63, 3.8) is 0 Å². The van der Waals surface area contributed by atoms with Crippen molar-refractivity contribution in [1.82, 2.24) is 0 Å². The molecule has 90 valence electrons. The molecule has 0 fully saturated rings. The summed E-state index contributed by atoms with van der Waals surface area (Å²) in [5.41, 5.74) is 1.59. The lowest BCUT2D eigenvalue weighted by atomic mass is 9.92. The van der Waals surface area contributed by atoms with Crippen molar-refractivity contribution < 1.29 is 14.3 Å². The van der Waals surface area contributed by atoms with Crippen molar-refractivity contribution in [2.45, 2.75) is 19.3 Å². The molecule has 1 aliphatic rings. The van der Waals surface area contributed by atoms with Gasteiger partial charge < -0.3 is 9.47 Å². The molecule has 17 heavy (non-hydrogen) atoms. The first-order chi connectivity index (χ1) is 8.27. The second kappa shape index (κ2) is 5.04. The number of benzene rings is 1. The highest BCUT2D eigenvalue weighted by Gasteiger charge is 2.20. The van der Waals surface area contributed by atoms with Crippen molar-refractivity contribution >= 4 is 11.4 Å². The highest BCUT2D eigenvalue weighted by Crippen LogP contribution is 2.37. The fraction of sp³-hybridized carbons (Fsp3) is 0.357. The smallest absolute Gasteiger partial charge is 0.168 e. The molecule has 0 amide bonds. The molecular formula is C14H16O3. The van der Waals surface area contributed by atoms with Gasteiger partial charge in [0.05, 0.1) is 14.2 Å². The van der Waals surface area contributed by atoms with E-state index in [2.05, 4.69) is 0 Å². The van der Waals surface area contributed by atoms with Crippen LogP contribution in [0.3, 0.4) is 0 Å². The lowest BCUT2D eigenvalue weighted by Gasteiger charge is -2.16. The fourth-order valence-electron chi connectivity index (χ4n) is 2.12. The van der Waals surface area contributed by atoms with E-state index >= 15 is 0 Å². The maximum absolute atomic E-state index is 11.9. The van der Waals surface area contributed by atoms with Crippen LogP contribution in [0.25, 0.3) is 5.57 Å². The van der Waals surface area contributed by atoms with E-state index in [0.29, 0.717) is 17.9 Å². The number of ether oxygens (including phenoxy) is 2. The summed E-state index contributed by atoms with van der Waals surface area (Å²) < 4.78 is 10.6. The molecule has 0 bridgehead atoms. The van der Waals surface area contributed by atoms with E-state index in [-0.39, 0.29) is 5.78 Å². The Bertz CT molecular complexity index is 461. The lowest BCUT2D eigenvalue weighted by molar-refractivity contribution is -0.114. The zero-order valence-corrected chi connectivity index (χ0v) is 10.2. The van der Waals surface area contributed by atoms with E-state index in [1.54, 1.807) is 14.2 Å². The Balaban J connectivity index is 2.51. The van der Waals surface area contributed by atoms with E-state index in [9.17, 15) is 4.79 Å². The lowest BCUT2D eigenvalue weighted by Crippen LogP contribution is -2.07. The summed E-state index contributed by atoms with van der Waals surface area (Å²) in [6.45, 7) is 0. The summed E-state index contributed by atoms with van der Waals surface area (Å²) in [7, 11) is 3.19. The molecule has 0 N–H and O–H groups in total. The SMILES string of the molecule is COc1cccc(C2=CCCCC2=O)c1OC. The van der Waals surface area contributed by atoms with Gasteiger partial charge in [0.15, 0.2) is 17.3 Å². The maximum atomic E-state index is 11.9. The Morgan fingerprint density at radius 3 is 2.65 bits per heavy atom. The van der Waals surface area contributed by atoms with Gasteiger partial charge in [-0.05, 0) is 18.9 Å². The van der Waals surface area contributed by atoms with Gasteiger partial charge in [-0.2, -0.15) is 0 Å². The van der Waals surface area contributed by atoms with Crippen LogP contribution in [0.15, 0.2) is 24.3 Å². The number of carbonyl (C=O) groups is 1. The molecule has 1 aromatic carbocycles. The summed E-state index contributed by atoms with van der Waals surface area (Å²) in [5, 5.41) is 0. The Kier molecular flexibility index (Phi) is 3.47. The van der Waals surface area contributed by atoms with Gasteiger partial charge in [-0.15, -0.1) is 0 Å². The third-order valence-corrected chi connectivity index (χ3v) is 2.95. The zero-order valence-electron chi connectivity index (χ0n) is 10.2. The average Bonchev–Trinajstić information content (AvgIpc) is 2.38. The number of allylic oxidation sites excluding steroid dienone is 2. The fourth-order valence-corrected chi connectivity index (χ4v) is 2.12. The number of para-hydroxylation sites is 1. The van der Waals surface area contributed by atoms with Gasteiger partial charge in [0.2, 0.25) is 0 Å². The Morgan fingerprint density at radius 2 is 2.00 bits per heavy atom. The summed E-state index contributed by atoms with van der Waals surface area (Å²) in [6.07, 6.45) is 4.49. The highest BCUT2D eigenvalue weighted by molar-refractivity contribution is 6.22. The van der Waals surface area contributed by atoms with Crippen LogP contribution in [0.1, 0.15) is 24.8 Å². The molecule has 0 unspecified atom stereocenters. The van der Waals surface area contributed by atoms with Gasteiger partial charge >= 0.3 is 0 Å². The highest BCUT2D eigenvalue weighted by atomic mass is 16.5. The standard InChI is InChI=1S/C14H16O3/c1-16-13-9-5-7-11(14(13)17-2)10-6-3-4-8-12(10)15/h5-7,9H,3-4,8H2,1-2H3. The van der Waals surface area contributed by atoms with Crippen LogP contribution in [-0.4, -0.2) is 20.0 Å². The van der Waals surface area contributed by atoms with E-state index in [4.69, 9.17) is 9.47 Å². The van der Waals surface area contributed by atoms with Crippen LogP contribution in [0.4, 0.5) is 0 Å². The molecule has 3 heteroatoms. The summed E-state index contributed by atoms with van der Waals surface area (Å²) in [6, 6.07) is 5.60. The third-order valence-electron chi connectivity index (χ3n) is 2.95. The first kappa shape index (κ1) is 11.7. The second-order valence-electron chi connectivity index (χ2n) is 3.97. The molecule has 0 aromatic heterocycles. The number of hydrogen-bond donors (Lipinski definition) is 0. The Morgan fingerprint density at radius 1 is 1.18 bits per heavy atom. The first-order valence-electron chi connectivity index (χ1n) is 5.72. The molecule has 0 atom stereocenters. The Labute approximate surface area is 101 Å². The summed E-state index contributed by atoms with van der Waals surface area (Å²) in [5.74, 6) is 1.48. The summed E-state index contributed by atoms with van der Waals surface area (Å²) in [4.78, 5) is 11.9. The molecular weight excluding hydrogens is 216 g/mol. The molecule has 0 aliphatic heterocycles. The molecule has 1 aromatic rings. The van der Waals surface area contributed by atoms with Gasteiger partial charge in [0.1, 0.15) is 0 Å². The van der Waals surface area contributed by atoms with Crippen molar-refractivity contribution in [2.75, 3.05) is 14.2 Å². The van der Waals surface area contributed by atoms with Crippen LogP contribution in [0.5, 0.6) is 11.5 Å². The van der Waals surface area contributed by atoms with Crippen molar-refractivity contribution in [3.8, 4) is 11.5 Å².